The molecule has 1 aromatic heterocycles. The molecule has 36 heavy (non-hydrogen) atoms. The molecule has 1 aromatic carbocycles. The standard InChI is InChI=1S/C30H43N3O2S/c1-3-4-5-6-7-8-14-28(34)31-17-11-18-32(21-20-31)29(35)23-33-19-15-27-26(16-22-36-27)30(33)25-13-10-9-12-24(25)2/h9-10,12-13,16,22,30H,3-8,11,14-15,17-21,23H2,1-2H3. The van der Waals surface area contributed by atoms with Crippen LogP contribution in [-0.4, -0.2) is 65.8 Å². The lowest BCUT2D eigenvalue weighted by Gasteiger charge is -2.37. The number of thiophene rings is 1. The summed E-state index contributed by atoms with van der Waals surface area (Å²) in [5, 5.41) is 2.19. The van der Waals surface area contributed by atoms with E-state index in [2.05, 4.69) is 54.5 Å². The Hall–Kier alpha value is -2.18. The predicted molar refractivity (Wildman–Crippen MR) is 148 cm³/mol. The third-order valence-electron chi connectivity index (χ3n) is 7.83. The Bertz CT molecular complexity index is 1000. The van der Waals surface area contributed by atoms with Crippen molar-refractivity contribution in [2.24, 2.45) is 0 Å². The van der Waals surface area contributed by atoms with E-state index >= 15 is 0 Å². The van der Waals surface area contributed by atoms with Gasteiger partial charge < -0.3 is 9.80 Å². The average molecular weight is 510 g/mol. The van der Waals surface area contributed by atoms with Crippen LogP contribution >= 0.6 is 11.3 Å². The van der Waals surface area contributed by atoms with Crippen molar-refractivity contribution in [3.8, 4) is 0 Å². The first-order valence-corrected chi connectivity index (χ1v) is 14.9. The van der Waals surface area contributed by atoms with Gasteiger partial charge in [-0.05, 0) is 54.3 Å². The van der Waals surface area contributed by atoms with Crippen LogP contribution in [-0.2, 0) is 16.0 Å². The third-order valence-corrected chi connectivity index (χ3v) is 8.83. The topological polar surface area (TPSA) is 43.9 Å². The van der Waals surface area contributed by atoms with Crippen LogP contribution in [0.25, 0.3) is 0 Å². The Labute approximate surface area is 221 Å². The van der Waals surface area contributed by atoms with Crippen molar-refractivity contribution in [1.29, 1.82) is 0 Å². The van der Waals surface area contributed by atoms with E-state index in [1.54, 1.807) is 0 Å². The number of nitrogens with zero attached hydrogens (tertiary/aromatic N) is 3. The van der Waals surface area contributed by atoms with Crippen LogP contribution in [0.5, 0.6) is 0 Å². The van der Waals surface area contributed by atoms with Gasteiger partial charge in [-0.2, -0.15) is 0 Å². The van der Waals surface area contributed by atoms with E-state index < -0.39 is 0 Å². The van der Waals surface area contributed by atoms with Gasteiger partial charge >= 0.3 is 0 Å². The van der Waals surface area contributed by atoms with Crippen molar-refractivity contribution in [1.82, 2.24) is 14.7 Å². The first kappa shape index (κ1) is 26.9. The molecule has 4 rings (SSSR count). The van der Waals surface area contributed by atoms with Crippen molar-refractivity contribution in [3.63, 3.8) is 0 Å². The molecule has 0 aliphatic carbocycles. The molecule has 1 atom stereocenters. The number of hydrogen-bond donors (Lipinski definition) is 0. The minimum absolute atomic E-state index is 0.132. The number of hydrogen-bond acceptors (Lipinski definition) is 4. The molecule has 0 spiro atoms. The van der Waals surface area contributed by atoms with Crippen LogP contribution in [0.2, 0.25) is 0 Å². The molecule has 3 heterocycles. The van der Waals surface area contributed by atoms with Crippen LogP contribution in [0.1, 0.15) is 85.9 Å². The molecule has 2 aliphatic rings. The molecule has 6 heteroatoms. The van der Waals surface area contributed by atoms with E-state index in [1.165, 1.54) is 47.3 Å². The lowest BCUT2D eigenvalue weighted by atomic mass is 9.90. The summed E-state index contributed by atoms with van der Waals surface area (Å²) in [7, 11) is 0. The highest BCUT2D eigenvalue weighted by Crippen LogP contribution is 2.38. The van der Waals surface area contributed by atoms with Gasteiger partial charge in [-0.1, -0.05) is 63.3 Å². The third kappa shape index (κ3) is 6.77. The van der Waals surface area contributed by atoms with Gasteiger partial charge in [0.2, 0.25) is 11.8 Å². The highest BCUT2D eigenvalue weighted by Gasteiger charge is 2.33. The van der Waals surface area contributed by atoms with E-state index in [9.17, 15) is 9.59 Å². The van der Waals surface area contributed by atoms with E-state index in [4.69, 9.17) is 0 Å². The molecule has 5 nitrogen and oxygen atoms in total. The molecule has 1 saturated heterocycles. The Kier molecular flexibility index (Phi) is 9.99. The molecule has 1 fully saturated rings. The Balaban J connectivity index is 1.33. The molecule has 2 aliphatic heterocycles. The van der Waals surface area contributed by atoms with E-state index in [0.29, 0.717) is 26.1 Å². The number of fused-ring (bicyclic) bond motifs is 1. The molecular weight excluding hydrogens is 466 g/mol. The van der Waals surface area contributed by atoms with Gasteiger partial charge in [0.05, 0.1) is 12.6 Å². The summed E-state index contributed by atoms with van der Waals surface area (Å²) in [5.41, 5.74) is 3.93. The van der Waals surface area contributed by atoms with Crippen molar-refractivity contribution >= 4 is 23.2 Å². The maximum absolute atomic E-state index is 13.5. The number of carbonyl (C=O) groups excluding carboxylic acids is 2. The van der Waals surface area contributed by atoms with Crippen molar-refractivity contribution in [3.05, 3.63) is 57.3 Å². The van der Waals surface area contributed by atoms with Gasteiger partial charge in [-0.3, -0.25) is 14.5 Å². The van der Waals surface area contributed by atoms with Gasteiger partial charge in [-0.15, -0.1) is 11.3 Å². The average Bonchev–Trinajstić information content (AvgIpc) is 3.22. The number of benzene rings is 1. The van der Waals surface area contributed by atoms with Crippen molar-refractivity contribution in [2.75, 3.05) is 39.3 Å². The maximum atomic E-state index is 13.5. The minimum atomic E-state index is 0.132. The summed E-state index contributed by atoms with van der Waals surface area (Å²) in [6.07, 6.45) is 9.71. The molecule has 0 bridgehead atoms. The summed E-state index contributed by atoms with van der Waals surface area (Å²) >= 11 is 1.83. The number of rotatable bonds is 10. The second-order valence-electron chi connectivity index (χ2n) is 10.4. The molecule has 0 N–H and O–H groups in total. The number of carbonyl (C=O) groups is 2. The second kappa shape index (κ2) is 13.4. The summed E-state index contributed by atoms with van der Waals surface area (Å²) in [6.45, 7) is 8.55. The van der Waals surface area contributed by atoms with Gasteiger partial charge in [0.15, 0.2) is 0 Å². The summed E-state index contributed by atoms with van der Waals surface area (Å²) in [4.78, 5) is 34.1. The van der Waals surface area contributed by atoms with Gasteiger partial charge in [-0.25, -0.2) is 0 Å². The number of amides is 2. The summed E-state index contributed by atoms with van der Waals surface area (Å²) in [5.74, 6) is 0.456. The number of aryl methyl sites for hydroxylation is 1. The lowest BCUT2D eigenvalue weighted by Crippen LogP contribution is -2.45. The molecule has 0 radical (unpaired) electrons. The van der Waals surface area contributed by atoms with Crippen LogP contribution in [0.3, 0.4) is 0 Å². The SMILES string of the molecule is CCCCCCCCC(=O)N1CCCN(C(=O)CN2CCc3sccc3C2c2ccccc2C)CC1. The predicted octanol–water partition coefficient (Wildman–Crippen LogP) is 5.82. The molecule has 196 valence electrons. The molecule has 2 aromatic rings. The number of unbranched alkanes of at least 4 members (excludes halogenated alkanes) is 5. The monoisotopic (exact) mass is 509 g/mol. The van der Waals surface area contributed by atoms with Gasteiger partial charge in [0.1, 0.15) is 0 Å². The van der Waals surface area contributed by atoms with Crippen molar-refractivity contribution in [2.45, 2.75) is 77.7 Å². The van der Waals surface area contributed by atoms with E-state index in [0.717, 1.165) is 45.3 Å². The Morgan fingerprint density at radius 1 is 0.861 bits per heavy atom. The fourth-order valence-electron chi connectivity index (χ4n) is 5.70. The first-order chi connectivity index (χ1) is 17.6. The second-order valence-corrected chi connectivity index (χ2v) is 11.4. The fraction of sp³-hybridized carbons (Fsp3) is 0.600. The highest BCUT2D eigenvalue weighted by molar-refractivity contribution is 7.10. The zero-order valence-corrected chi connectivity index (χ0v) is 23.0. The zero-order valence-electron chi connectivity index (χ0n) is 22.2. The minimum Gasteiger partial charge on any atom is -0.341 e. The van der Waals surface area contributed by atoms with Crippen LogP contribution in [0.15, 0.2) is 35.7 Å². The van der Waals surface area contributed by atoms with Crippen LogP contribution in [0, 0.1) is 6.92 Å². The zero-order chi connectivity index (χ0) is 25.3. The van der Waals surface area contributed by atoms with Crippen LogP contribution in [0.4, 0.5) is 0 Å². The first-order valence-electron chi connectivity index (χ1n) is 14.0. The molecule has 2 amide bonds. The van der Waals surface area contributed by atoms with Crippen molar-refractivity contribution < 1.29 is 9.59 Å². The Morgan fingerprint density at radius 2 is 1.58 bits per heavy atom. The smallest absolute Gasteiger partial charge is 0.236 e. The van der Waals surface area contributed by atoms with Gasteiger partial charge in [0, 0.05) is 44.0 Å². The normalized spacial score (nSPS) is 18.7. The van der Waals surface area contributed by atoms with Gasteiger partial charge in [0.25, 0.3) is 0 Å². The van der Waals surface area contributed by atoms with E-state index in [-0.39, 0.29) is 17.9 Å². The quantitative estimate of drug-likeness (QED) is 0.379. The fourth-order valence-corrected chi connectivity index (χ4v) is 6.60. The lowest BCUT2D eigenvalue weighted by molar-refractivity contribution is -0.134. The molecule has 0 saturated carbocycles. The van der Waals surface area contributed by atoms with E-state index in [1.807, 2.05) is 21.1 Å². The summed E-state index contributed by atoms with van der Waals surface area (Å²) in [6, 6.07) is 10.9. The largest absolute Gasteiger partial charge is 0.341 e. The molecule has 1 unspecified atom stereocenters. The molecular formula is C30H43N3O2S. The maximum Gasteiger partial charge on any atom is 0.236 e. The van der Waals surface area contributed by atoms with Crippen LogP contribution < -0.4 is 0 Å². The highest BCUT2D eigenvalue weighted by atomic mass is 32.1. The summed E-state index contributed by atoms with van der Waals surface area (Å²) < 4.78 is 0. The Morgan fingerprint density at radius 3 is 2.36 bits per heavy atom.